The molecule has 0 bridgehead atoms. The van der Waals surface area contributed by atoms with E-state index in [4.69, 9.17) is 9.47 Å². The highest BCUT2D eigenvalue weighted by Crippen LogP contribution is 2.27. The fraction of sp³-hybridized carbons (Fsp3) is 0.556. The van der Waals surface area contributed by atoms with E-state index < -0.39 is 28.1 Å². The van der Waals surface area contributed by atoms with Crippen LogP contribution in [0.1, 0.15) is 37.0 Å². The minimum Gasteiger partial charge on any atom is -0.463 e. The number of piperidine rings is 1. The number of rotatable bonds is 4. The minimum absolute atomic E-state index is 0.0576. The molecule has 1 aromatic rings. The second-order valence-electron chi connectivity index (χ2n) is 7.15. The Morgan fingerprint density at radius 3 is 2.54 bits per heavy atom. The molecule has 2 aliphatic heterocycles. The van der Waals surface area contributed by atoms with Crippen LogP contribution < -0.4 is 0 Å². The van der Waals surface area contributed by atoms with E-state index in [1.54, 1.807) is 0 Å². The van der Waals surface area contributed by atoms with Gasteiger partial charge < -0.3 is 9.47 Å². The van der Waals surface area contributed by atoms with Gasteiger partial charge in [-0.1, -0.05) is 19.9 Å². The molecule has 0 aromatic heterocycles. The van der Waals surface area contributed by atoms with Gasteiger partial charge in [-0.25, -0.2) is 18.0 Å². The monoisotopic (exact) mass is 381 g/mol. The van der Waals surface area contributed by atoms with Crippen LogP contribution in [0.5, 0.6) is 0 Å². The fourth-order valence-corrected chi connectivity index (χ4v) is 5.24. The van der Waals surface area contributed by atoms with Crippen molar-refractivity contribution in [1.29, 1.82) is 0 Å². The summed E-state index contributed by atoms with van der Waals surface area (Å²) in [5.74, 6) is -0.727. The normalized spacial score (nSPS) is 27.2. The predicted molar refractivity (Wildman–Crippen MR) is 92.9 cm³/mol. The van der Waals surface area contributed by atoms with Crippen LogP contribution in [0.15, 0.2) is 29.2 Å². The Balaban J connectivity index is 1.79. The zero-order valence-electron chi connectivity index (χ0n) is 14.9. The molecule has 0 unspecified atom stereocenters. The van der Waals surface area contributed by atoms with E-state index in [-0.39, 0.29) is 28.9 Å². The van der Waals surface area contributed by atoms with Gasteiger partial charge in [0.1, 0.15) is 0 Å². The SMILES string of the molecule is C[C@@H]1C[C@H](C)CN(S(=O)(=O)c2cccc(C(=O)O[C@@H]3CCOC3=O)c2)C1. The molecule has 1 aromatic carbocycles. The second-order valence-corrected chi connectivity index (χ2v) is 9.08. The molecule has 0 aliphatic carbocycles. The van der Waals surface area contributed by atoms with Crippen LogP contribution in [0.25, 0.3) is 0 Å². The lowest BCUT2D eigenvalue weighted by molar-refractivity contribution is -0.145. The number of esters is 2. The molecular weight excluding hydrogens is 358 g/mol. The molecule has 8 heteroatoms. The van der Waals surface area contributed by atoms with Crippen LogP contribution in [0.2, 0.25) is 0 Å². The molecule has 26 heavy (non-hydrogen) atoms. The largest absolute Gasteiger partial charge is 0.463 e. The zero-order chi connectivity index (χ0) is 18.9. The molecule has 2 fully saturated rings. The van der Waals surface area contributed by atoms with E-state index >= 15 is 0 Å². The summed E-state index contributed by atoms with van der Waals surface area (Å²) >= 11 is 0. The Morgan fingerprint density at radius 1 is 1.23 bits per heavy atom. The van der Waals surface area contributed by atoms with Crippen LogP contribution in [0, 0.1) is 11.8 Å². The summed E-state index contributed by atoms with van der Waals surface area (Å²) in [7, 11) is -3.69. The predicted octanol–water partition coefficient (Wildman–Crippen LogP) is 1.83. The van der Waals surface area contributed by atoms with Crippen LogP contribution in [0.3, 0.4) is 0 Å². The quantitative estimate of drug-likeness (QED) is 0.739. The van der Waals surface area contributed by atoms with Gasteiger partial charge in [0.05, 0.1) is 17.1 Å². The second kappa shape index (κ2) is 7.36. The standard InChI is InChI=1S/C18H23NO6S/c1-12-8-13(2)11-19(10-12)26(22,23)15-5-3-4-14(9-15)17(20)25-16-6-7-24-18(16)21/h3-5,9,12-13,16H,6-8,10-11H2,1-2H3/t12-,13+,16-/m1/s1. The summed E-state index contributed by atoms with van der Waals surface area (Å²) in [6, 6.07) is 5.76. The van der Waals surface area contributed by atoms with Crippen LogP contribution in [-0.4, -0.2) is 50.5 Å². The highest BCUT2D eigenvalue weighted by Gasteiger charge is 2.33. The summed E-state index contributed by atoms with van der Waals surface area (Å²) in [6.45, 7) is 5.22. The molecule has 2 aliphatic rings. The first kappa shape index (κ1) is 18.8. The van der Waals surface area contributed by atoms with Crippen molar-refractivity contribution in [3.05, 3.63) is 29.8 Å². The van der Waals surface area contributed by atoms with Gasteiger partial charge >= 0.3 is 11.9 Å². The maximum absolute atomic E-state index is 12.9. The summed E-state index contributed by atoms with van der Waals surface area (Å²) in [5.41, 5.74) is 0.101. The zero-order valence-corrected chi connectivity index (χ0v) is 15.7. The average molecular weight is 381 g/mol. The van der Waals surface area contributed by atoms with Gasteiger partial charge in [0.25, 0.3) is 0 Å². The van der Waals surface area contributed by atoms with E-state index in [0.29, 0.717) is 19.5 Å². The van der Waals surface area contributed by atoms with Gasteiger partial charge in [0, 0.05) is 19.5 Å². The molecule has 0 N–H and O–H groups in total. The molecule has 7 nitrogen and oxygen atoms in total. The van der Waals surface area contributed by atoms with Crippen molar-refractivity contribution in [2.45, 2.75) is 37.7 Å². The van der Waals surface area contributed by atoms with Crippen molar-refractivity contribution in [3.63, 3.8) is 0 Å². The first-order valence-electron chi connectivity index (χ1n) is 8.75. The lowest BCUT2D eigenvalue weighted by atomic mass is 9.94. The number of sulfonamides is 1. The lowest BCUT2D eigenvalue weighted by Gasteiger charge is -2.34. The first-order chi connectivity index (χ1) is 12.3. The molecule has 3 rings (SSSR count). The van der Waals surface area contributed by atoms with Crippen molar-refractivity contribution in [2.24, 2.45) is 11.8 Å². The number of hydrogen-bond acceptors (Lipinski definition) is 6. The summed E-state index contributed by atoms with van der Waals surface area (Å²) in [5, 5.41) is 0. The number of benzene rings is 1. The van der Waals surface area contributed by atoms with Crippen molar-refractivity contribution >= 4 is 22.0 Å². The topological polar surface area (TPSA) is 90.0 Å². The number of cyclic esters (lactones) is 1. The summed E-state index contributed by atoms with van der Waals surface area (Å²) in [6.07, 6.45) is 0.383. The maximum Gasteiger partial charge on any atom is 0.347 e. The molecule has 0 amide bonds. The van der Waals surface area contributed by atoms with Crippen LogP contribution in [-0.2, 0) is 24.3 Å². The van der Waals surface area contributed by atoms with E-state index in [2.05, 4.69) is 0 Å². The van der Waals surface area contributed by atoms with Gasteiger partial charge in [-0.3, -0.25) is 0 Å². The Kier molecular flexibility index (Phi) is 5.34. The third-order valence-corrected chi connectivity index (χ3v) is 6.51. The van der Waals surface area contributed by atoms with E-state index in [1.165, 1.54) is 28.6 Å². The molecule has 0 saturated carbocycles. The van der Waals surface area contributed by atoms with Gasteiger partial charge in [0.2, 0.25) is 16.1 Å². The number of carbonyl (C=O) groups excluding carboxylic acids is 2. The van der Waals surface area contributed by atoms with E-state index in [0.717, 1.165) is 6.42 Å². The lowest BCUT2D eigenvalue weighted by Crippen LogP contribution is -2.42. The third kappa shape index (κ3) is 3.91. The fourth-order valence-electron chi connectivity index (χ4n) is 3.52. The Labute approximate surface area is 153 Å². The highest BCUT2D eigenvalue weighted by molar-refractivity contribution is 7.89. The number of hydrogen-bond donors (Lipinski definition) is 0. The van der Waals surface area contributed by atoms with Crippen molar-refractivity contribution in [2.75, 3.05) is 19.7 Å². The average Bonchev–Trinajstić information content (AvgIpc) is 2.99. The van der Waals surface area contributed by atoms with E-state index in [9.17, 15) is 18.0 Å². The molecule has 3 atom stereocenters. The van der Waals surface area contributed by atoms with Gasteiger partial charge in [-0.15, -0.1) is 0 Å². The Bertz CT molecular complexity index is 796. The minimum atomic E-state index is -3.69. The third-order valence-electron chi connectivity index (χ3n) is 4.68. The molecular formula is C18H23NO6S. The molecule has 142 valence electrons. The van der Waals surface area contributed by atoms with Crippen molar-refractivity contribution < 1.29 is 27.5 Å². The van der Waals surface area contributed by atoms with Crippen LogP contribution in [0.4, 0.5) is 0 Å². The first-order valence-corrected chi connectivity index (χ1v) is 10.2. The maximum atomic E-state index is 12.9. The van der Waals surface area contributed by atoms with Crippen LogP contribution >= 0.6 is 0 Å². The summed E-state index contributed by atoms with van der Waals surface area (Å²) < 4.78 is 37.3. The molecule has 0 spiro atoms. The summed E-state index contributed by atoms with van der Waals surface area (Å²) in [4.78, 5) is 23.8. The van der Waals surface area contributed by atoms with Gasteiger partial charge in [-0.05, 0) is 36.5 Å². The van der Waals surface area contributed by atoms with Crippen molar-refractivity contribution in [1.82, 2.24) is 4.31 Å². The Morgan fingerprint density at radius 2 is 1.92 bits per heavy atom. The Hall–Kier alpha value is -1.93. The molecule has 0 radical (unpaired) electrons. The van der Waals surface area contributed by atoms with Gasteiger partial charge in [0.15, 0.2) is 0 Å². The molecule has 2 saturated heterocycles. The highest BCUT2D eigenvalue weighted by atomic mass is 32.2. The van der Waals surface area contributed by atoms with Gasteiger partial charge in [-0.2, -0.15) is 4.31 Å². The number of nitrogens with zero attached hydrogens (tertiary/aromatic N) is 1. The number of ether oxygens (including phenoxy) is 2. The molecule has 2 heterocycles. The van der Waals surface area contributed by atoms with Crippen molar-refractivity contribution in [3.8, 4) is 0 Å². The smallest absolute Gasteiger partial charge is 0.347 e. The van der Waals surface area contributed by atoms with E-state index in [1.807, 2.05) is 13.8 Å². The number of carbonyl (C=O) groups is 2.